The van der Waals surface area contributed by atoms with Gasteiger partial charge in [-0.25, -0.2) is 9.79 Å². The lowest BCUT2D eigenvalue weighted by Gasteiger charge is -2.10. The normalized spacial score (nSPS) is 11.1. The van der Waals surface area contributed by atoms with Crippen LogP contribution in [0.15, 0.2) is 77.8 Å². The van der Waals surface area contributed by atoms with Crippen LogP contribution < -0.4 is 25.8 Å². The fourth-order valence-corrected chi connectivity index (χ4v) is 4.85. The van der Waals surface area contributed by atoms with E-state index in [0.29, 0.717) is 30.2 Å². The Labute approximate surface area is 248 Å². The second-order valence-corrected chi connectivity index (χ2v) is 10.3. The summed E-state index contributed by atoms with van der Waals surface area (Å²) in [5, 5.41) is 5.34. The number of nitrogens with zero attached hydrogens (tertiary/aromatic N) is 2. The van der Waals surface area contributed by atoms with Gasteiger partial charge >= 0.3 is 6.09 Å². The van der Waals surface area contributed by atoms with Gasteiger partial charge in [0.2, 0.25) is 0 Å². The number of para-hydroxylation sites is 1. The van der Waals surface area contributed by atoms with Crippen molar-refractivity contribution in [2.45, 2.75) is 27.0 Å². The molecule has 4 N–H and O–H groups in total. The van der Waals surface area contributed by atoms with Crippen molar-refractivity contribution in [3.8, 4) is 22.8 Å². The average Bonchev–Trinajstić information content (AvgIpc) is 3.39. The third-order valence-corrected chi connectivity index (χ3v) is 6.83. The van der Waals surface area contributed by atoms with Gasteiger partial charge in [-0.1, -0.05) is 42.0 Å². The number of nitrogens with two attached hydrogens (primary N) is 1. The lowest BCUT2D eigenvalue weighted by Crippen LogP contribution is -2.37. The third kappa shape index (κ3) is 8.55. The maximum absolute atomic E-state index is 13.1. The Morgan fingerprint density at radius 2 is 1.71 bits per heavy atom. The molecule has 1 heterocycles. The number of aryl methyl sites for hydroxylation is 2. The van der Waals surface area contributed by atoms with Gasteiger partial charge in [0.25, 0.3) is 5.91 Å². The Bertz CT molecular complexity index is 1540. The fraction of sp³-hybridized carbons (Fsp3) is 0.226. The van der Waals surface area contributed by atoms with Crippen molar-refractivity contribution >= 4 is 29.5 Å². The fourth-order valence-electron chi connectivity index (χ4n) is 4.14. The van der Waals surface area contributed by atoms with Crippen molar-refractivity contribution in [2.24, 2.45) is 10.7 Å². The molecule has 0 aliphatic rings. The predicted octanol–water partition coefficient (Wildman–Crippen LogP) is 4.99. The summed E-state index contributed by atoms with van der Waals surface area (Å²) in [6.45, 7) is 4.74. The minimum atomic E-state index is -0.535. The number of hydrogen-bond donors (Lipinski definition) is 3. The first-order valence-corrected chi connectivity index (χ1v) is 14.0. The predicted molar refractivity (Wildman–Crippen MR) is 163 cm³/mol. The molecule has 0 radical (unpaired) electrons. The number of amides is 2. The Kier molecular flexibility index (Phi) is 10.5. The lowest BCUT2D eigenvalue weighted by atomic mass is 10.1. The van der Waals surface area contributed by atoms with Gasteiger partial charge in [-0.05, 0) is 72.9 Å². The first-order valence-electron chi connectivity index (χ1n) is 13.2. The number of alkyl carbamates (subject to hydrolysis) is 1. The maximum atomic E-state index is 13.1. The van der Waals surface area contributed by atoms with Crippen molar-refractivity contribution in [3.63, 3.8) is 0 Å². The van der Waals surface area contributed by atoms with Crippen molar-refractivity contribution in [1.82, 2.24) is 15.0 Å². The van der Waals surface area contributed by atoms with Gasteiger partial charge in [-0.15, -0.1) is 0 Å². The number of methoxy groups -OCH3 is 1. The zero-order valence-electron chi connectivity index (χ0n) is 23.7. The number of ether oxygens (including phenoxy) is 3. The quantitative estimate of drug-likeness (QED) is 0.128. The summed E-state index contributed by atoms with van der Waals surface area (Å²) in [6, 6.07) is 22.5. The van der Waals surface area contributed by atoms with Crippen molar-refractivity contribution in [2.75, 3.05) is 20.3 Å². The zero-order valence-corrected chi connectivity index (χ0v) is 24.5. The number of guanidine groups is 1. The highest BCUT2D eigenvalue weighted by molar-refractivity contribution is 7.06. The van der Waals surface area contributed by atoms with Crippen LogP contribution >= 0.6 is 11.5 Å². The number of carbonyl (C=O) groups excluding carboxylic acids is 2. The molecule has 4 aromatic rings. The Hall–Kier alpha value is -4.90. The number of aromatic nitrogens is 1. The van der Waals surface area contributed by atoms with E-state index in [1.807, 2.05) is 86.6 Å². The highest BCUT2D eigenvalue weighted by Gasteiger charge is 2.20. The SMILES string of the molecule is COc1ccc(-c2nsc(C)c2C(=O)NC(N)=NCc2cc(C)cc(COC(=O)NCCOc3ccccc3)c2)cc1. The number of rotatable bonds is 11. The Balaban J connectivity index is 1.29. The summed E-state index contributed by atoms with van der Waals surface area (Å²) in [5.41, 5.74) is 10.5. The first kappa shape index (κ1) is 30.1. The zero-order chi connectivity index (χ0) is 29.9. The van der Waals surface area contributed by atoms with Gasteiger partial charge < -0.3 is 25.3 Å². The van der Waals surface area contributed by atoms with E-state index >= 15 is 0 Å². The van der Waals surface area contributed by atoms with E-state index < -0.39 is 6.09 Å². The molecule has 0 saturated heterocycles. The molecule has 0 aliphatic carbocycles. The minimum absolute atomic E-state index is 0.0114. The topological polar surface area (TPSA) is 137 Å². The van der Waals surface area contributed by atoms with Crippen LogP contribution in [0.4, 0.5) is 4.79 Å². The molecule has 0 unspecified atom stereocenters. The molecule has 0 saturated carbocycles. The van der Waals surface area contributed by atoms with E-state index in [1.165, 1.54) is 11.5 Å². The molecular weight excluding hydrogens is 554 g/mol. The third-order valence-electron chi connectivity index (χ3n) is 6.08. The highest BCUT2D eigenvalue weighted by atomic mass is 32.1. The molecule has 218 valence electrons. The summed E-state index contributed by atoms with van der Waals surface area (Å²) >= 11 is 1.25. The van der Waals surface area contributed by atoms with Crippen LogP contribution in [0.2, 0.25) is 0 Å². The monoisotopic (exact) mass is 587 g/mol. The second kappa shape index (κ2) is 14.6. The van der Waals surface area contributed by atoms with Gasteiger partial charge in [0.15, 0.2) is 5.96 Å². The molecular formula is C31H33N5O5S. The van der Waals surface area contributed by atoms with E-state index in [4.69, 9.17) is 19.9 Å². The van der Waals surface area contributed by atoms with Crippen LogP contribution in [0.25, 0.3) is 11.3 Å². The van der Waals surface area contributed by atoms with Crippen LogP contribution in [0.1, 0.15) is 31.9 Å². The molecule has 1 aromatic heterocycles. The summed E-state index contributed by atoms with van der Waals surface area (Å²) in [6.07, 6.45) is -0.535. The number of carbonyl (C=O) groups is 2. The van der Waals surface area contributed by atoms with Crippen molar-refractivity contribution in [1.29, 1.82) is 0 Å². The van der Waals surface area contributed by atoms with Crippen LogP contribution in [0.5, 0.6) is 11.5 Å². The number of aliphatic imine (C=N–C) groups is 1. The van der Waals surface area contributed by atoms with Crippen molar-refractivity contribution in [3.05, 3.63) is 99.9 Å². The van der Waals surface area contributed by atoms with Gasteiger partial charge in [0, 0.05) is 10.4 Å². The number of benzene rings is 3. The van der Waals surface area contributed by atoms with Crippen LogP contribution in [0, 0.1) is 13.8 Å². The van der Waals surface area contributed by atoms with E-state index in [9.17, 15) is 9.59 Å². The van der Waals surface area contributed by atoms with Crippen molar-refractivity contribution < 1.29 is 23.8 Å². The minimum Gasteiger partial charge on any atom is -0.497 e. The van der Waals surface area contributed by atoms with E-state index in [0.717, 1.165) is 32.9 Å². The van der Waals surface area contributed by atoms with Crippen LogP contribution in [-0.2, 0) is 17.9 Å². The van der Waals surface area contributed by atoms with Gasteiger partial charge in [0.1, 0.15) is 24.7 Å². The van der Waals surface area contributed by atoms with E-state index in [1.54, 1.807) is 7.11 Å². The molecule has 2 amide bonds. The molecule has 11 heteroatoms. The van der Waals surface area contributed by atoms with E-state index in [-0.39, 0.29) is 25.0 Å². The molecule has 3 aromatic carbocycles. The molecule has 0 aliphatic heterocycles. The average molecular weight is 588 g/mol. The molecule has 0 bridgehead atoms. The van der Waals surface area contributed by atoms with Gasteiger partial charge in [-0.2, -0.15) is 4.37 Å². The summed E-state index contributed by atoms with van der Waals surface area (Å²) < 4.78 is 20.6. The maximum Gasteiger partial charge on any atom is 0.407 e. The second-order valence-electron chi connectivity index (χ2n) is 9.34. The molecule has 4 rings (SSSR count). The first-order chi connectivity index (χ1) is 20.3. The smallest absolute Gasteiger partial charge is 0.407 e. The molecule has 10 nitrogen and oxygen atoms in total. The molecule has 42 heavy (non-hydrogen) atoms. The summed E-state index contributed by atoms with van der Waals surface area (Å²) in [7, 11) is 1.60. The highest BCUT2D eigenvalue weighted by Crippen LogP contribution is 2.29. The summed E-state index contributed by atoms with van der Waals surface area (Å²) in [5.74, 6) is 1.06. The number of nitrogens with one attached hydrogen (secondary N) is 2. The lowest BCUT2D eigenvalue weighted by molar-refractivity contribution is 0.0976. The van der Waals surface area contributed by atoms with Crippen LogP contribution in [0.3, 0.4) is 0 Å². The standard InChI is InChI=1S/C31H33N5O5S/c1-20-15-22(17-23(16-20)19-41-31(38)33-13-14-40-26-7-5-4-6-8-26)18-34-30(32)35-29(37)27-21(2)42-36-28(27)24-9-11-25(39-3)12-10-24/h4-12,15-17H,13-14,18-19H2,1-3H3,(H,33,38)(H3,32,34,35,37). The van der Waals surface area contributed by atoms with Crippen LogP contribution in [-0.4, -0.2) is 42.6 Å². The number of hydrogen-bond acceptors (Lipinski definition) is 8. The summed E-state index contributed by atoms with van der Waals surface area (Å²) in [4.78, 5) is 30.3. The van der Waals surface area contributed by atoms with Gasteiger partial charge in [0.05, 0.1) is 31.5 Å². The Morgan fingerprint density at radius 3 is 2.45 bits per heavy atom. The molecule has 0 atom stereocenters. The Morgan fingerprint density at radius 1 is 0.976 bits per heavy atom. The van der Waals surface area contributed by atoms with E-state index in [2.05, 4.69) is 20.0 Å². The largest absolute Gasteiger partial charge is 0.497 e. The van der Waals surface area contributed by atoms with Gasteiger partial charge in [-0.3, -0.25) is 10.1 Å². The molecule has 0 fully saturated rings. The molecule has 0 spiro atoms.